The number of hydrogen-bond acceptors (Lipinski definition) is 3. The molecular weight excluding hydrogens is 323 g/mol. The maximum absolute atomic E-state index is 12.1. The Morgan fingerprint density at radius 1 is 1.25 bits per heavy atom. The normalized spacial score (nSPS) is 18.3. The van der Waals surface area contributed by atoms with Crippen LogP contribution in [0.4, 0.5) is 13.2 Å². The van der Waals surface area contributed by atoms with Crippen molar-refractivity contribution >= 4 is 5.91 Å². The number of likely N-dealkylation sites (tertiary alicyclic amines) is 1. The lowest BCUT2D eigenvalue weighted by atomic mass is 9.98. The van der Waals surface area contributed by atoms with Crippen molar-refractivity contribution in [3.05, 3.63) is 24.3 Å². The highest BCUT2D eigenvalue weighted by Gasteiger charge is 2.31. The fourth-order valence-electron chi connectivity index (χ4n) is 2.75. The summed E-state index contributed by atoms with van der Waals surface area (Å²) in [6, 6.07) is 5.34. The molecule has 2 rings (SSSR count). The van der Waals surface area contributed by atoms with E-state index in [1.165, 1.54) is 24.3 Å². The van der Waals surface area contributed by atoms with Crippen LogP contribution in [0.15, 0.2) is 24.3 Å². The minimum absolute atomic E-state index is 0.177. The SMILES string of the molecule is CCCC(=O)N1CCCC(COc2ccc(OC(F)(F)F)cc2)C1. The quantitative estimate of drug-likeness (QED) is 0.782. The second-order valence-corrected chi connectivity index (χ2v) is 5.93. The van der Waals surface area contributed by atoms with Crippen LogP contribution in [0.5, 0.6) is 11.5 Å². The number of hydrogen-bond donors (Lipinski definition) is 0. The molecule has 134 valence electrons. The van der Waals surface area contributed by atoms with Crippen LogP contribution < -0.4 is 9.47 Å². The number of ether oxygens (including phenoxy) is 2. The highest BCUT2D eigenvalue weighted by molar-refractivity contribution is 5.76. The maximum atomic E-state index is 12.1. The van der Waals surface area contributed by atoms with Crippen LogP contribution in [0.1, 0.15) is 32.6 Å². The molecule has 0 aliphatic carbocycles. The van der Waals surface area contributed by atoms with Crippen molar-refractivity contribution in [2.75, 3.05) is 19.7 Å². The van der Waals surface area contributed by atoms with Crippen LogP contribution in [0.2, 0.25) is 0 Å². The van der Waals surface area contributed by atoms with E-state index < -0.39 is 6.36 Å². The van der Waals surface area contributed by atoms with Gasteiger partial charge in [0.25, 0.3) is 0 Å². The van der Waals surface area contributed by atoms with E-state index in [9.17, 15) is 18.0 Å². The molecule has 1 heterocycles. The lowest BCUT2D eigenvalue weighted by Gasteiger charge is -2.32. The summed E-state index contributed by atoms with van der Waals surface area (Å²) >= 11 is 0. The van der Waals surface area contributed by atoms with Gasteiger partial charge in [-0.3, -0.25) is 4.79 Å². The van der Waals surface area contributed by atoms with Gasteiger partial charge in [0.15, 0.2) is 0 Å². The smallest absolute Gasteiger partial charge is 0.493 e. The topological polar surface area (TPSA) is 38.8 Å². The van der Waals surface area contributed by atoms with Crippen molar-refractivity contribution in [2.45, 2.75) is 39.0 Å². The number of amides is 1. The van der Waals surface area contributed by atoms with Gasteiger partial charge in [-0.05, 0) is 43.5 Å². The summed E-state index contributed by atoms with van der Waals surface area (Å²) in [4.78, 5) is 13.8. The van der Waals surface area contributed by atoms with Crippen LogP contribution in [0, 0.1) is 5.92 Å². The van der Waals surface area contributed by atoms with Gasteiger partial charge in [0.1, 0.15) is 11.5 Å². The molecule has 1 aromatic carbocycles. The number of alkyl halides is 3. The number of halogens is 3. The van der Waals surface area contributed by atoms with Gasteiger partial charge in [0.05, 0.1) is 6.61 Å². The minimum atomic E-state index is -4.70. The van der Waals surface area contributed by atoms with E-state index in [-0.39, 0.29) is 17.6 Å². The lowest BCUT2D eigenvalue weighted by Crippen LogP contribution is -2.41. The predicted octanol–water partition coefficient (Wildman–Crippen LogP) is 4.00. The summed E-state index contributed by atoms with van der Waals surface area (Å²) in [5.74, 6) is 0.631. The molecule has 1 fully saturated rings. The molecule has 0 radical (unpaired) electrons. The van der Waals surface area contributed by atoms with Gasteiger partial charge in [-0.2, -0.15) is 0 Å². The molecule has 1 unspecified atom stereocenters. The first-order valence-corrected chi connectivity index (χ1v) is 8.13. The van der Waals surface area contributed by atoms with E-state index in [1.54, 1.807) is 0 Å². The molecule has 1 aromatic rings. The first-order chi connectivity index (χ1) is 11.4. The standard InChI is InChI=1S/C17H22F3NO3/c1-2-4-16(22)21-10-3-5-13(11-21)12-23-14-6-8-15(9-7-14)24-17(18,19)20/h6-9,13H,2-5,10-12H2,1H3. The second-order valence-electron chi connectivity index (χ2n) is 5.93. The van der Waals surface area contributed by atoms with E-state index in [2.05, 4.69) is 4.74 Å². The van der Waals surface area contributed by atoms with E-state index in [0.29, 0.717) is 25.3 Å². The molecule has 4 nitrogen and oxygen atoms in total. The fourth-order valence-corrected chi connectivity index (χ4v) is 2.75. The van der Waals surface area contributed by atoms with Crippen LogP contribution in [0.3, 0.4) is 0 Å². The first kappa shape index (κ1) is 18.4. The molecule has 0 saturated carbocycles. The largest absolute Gasteiger partial charge is 0.573 e. The predicted molar refractivity (Wildman–Crippen MR) is 82.8 cm³/mol. The molecule has 1 atom stereocenters. The average molecular weight is 345 g/mol. The summed E-state index contributed by atoms with van der Waals surface area (Å²) in [6.45, 7) is 3.89. The third kappa shape index (κ3) is 5.94. The summed E-state index contributed by atoms with van der Waals surface area (Å²) in [6.07, 6.45) is -1.37. The van der Waals surface area contributed by atoms with Crippen LogP contribution in [0.25, 0.3) is 0 Å². The molecule has 0 aromatic heterocycles. The molecule has 0 spiro atoms. The zero-order valence-electron chi connectivity index (χ0n) is 13.6. The van der Waals surface area contributed by atoms with Crippen molar-refractivity contribution in [3.63, 3.8) is 0 Å². The molecule has 1 aliphatic heterocycles. The number of piperidine rings is 1. The Morgan fingerprint density at radius 2 is 1.92 bits per heavy atom. The van der Waals surface area contributed by atoms with Gasteiger partial charge >= 0.3 is 6.36 Å². The average Bonchev–Trinajstić information content (AvgIpc) is 2.53. The van der Waals surface area contributed by atoms with Gasteiger partial charge < -0.3 is 14.4 Å². The zero-order chi connectivity index (χ0) is 17.6. The monoisotopic (exact) mass is 345 g/mol. The van der Waals surface area contributed by atoms with Crippen LogP contribution >= 0.6 is 0 Å². The molecule has 0 bridgehead atoms. The highest BCUT2D eigenvalue weighted by atomic mass is 19.4. The fraction of sp³-hybridized carbons (Fsp3) is 0.588. The van der Waals surface area contributed by atoms with Crippen molar-refractivity contribution in [1.29, 1.82) is 0 Å². The molecule has 1 saturated heterocycles. The maximum Gasteiger partial charge on any atom is 0.573 e. The van der Waals surface area contributed by atoms with E-state index >= 15 is 0 Å². The Balaban J connectivity index is 1.81. The summed E-state index contributed by atoms with van der Waals surface area (Å²) in [5.41, 5.74) is 0. The zero-order valence-corrected chi connectivity index (χ0v) is 13.6. The Kier molecular flexibility index (Phi) is 6.34. The molecule has 7 heteroatoms. The highest BCUT2D eigenvalue weighted by Crippen LogP contribution is 2.25. The van der Waals surface area contributed by atoms with E-state index in [4.69, 9.17) is 4.74 Å². The lowest BCUT2D eigenvalue weighted by molar-refractivity contribution is -0.274. The third-order valence-electron chi connectivity index (χ3n) is 3.88. The number of carbonyl (C=O) groups excluding carboxylic acids is 1. The molecule has 24 heavy (non-hydrogen) atoms. The minimum Gasteiger partial charge on any atom is -0.493 e. The van der Waals surface area contributed by atoms with Crippen molar-refractivity contribution < 1.29 is 27.4 Å². The molecule has 0 N–H and O–H groups in total. The van der Waals surface area contributed by atoms with Gasteiger partial charge in [-0.25, -0.2) is 0 Å². The number of carbonyl (C=O) groups is 1. The van der Waals surface area contributed by atoms with Gasteiger partial charge in [-0.1, -0.05) is 6.92 Å². The van der Waals surface area contributed by atoms with Crippen LogP contribution in [-0.2, 0) is 4.79 Å². The van der Waals surface area contributed by atoms with E-state index in [1.807, 2.05) is 11.8 Å². The molecule has 1 aliphatic rings. The molecule has 1 amide bonds. The number of nitrogens with zero attached hydrogens (tertiary/aromatic N) is 1. The summed E-state index contributed by atoms with van der Waals surface area (Å²) < 4.78 is 45.8. The first-order valence-electron chi connectivity index (χ1n) is 8.13. The Labute approximate surface area is 139 Å². The van der Waals surface area contributed by atoms with Crippen molar-refractivity contribution in [1.82, 2.24) is 4.90 Å². The summed E-state index contributed by atoms with van der Waals surface area (Å²) in [5, 5.41) is 0. The van der Waals surface area contributed by atoms with E-state index in [0.717, 1.165) is 25.8 Å². The molecular formula is C17H22F3NO3. The Hall–Kier alpha value is -1.92. The second kappa shape index (κ2) is 8.26. The van der Waals surface area contributed by atoms with Gasteiger partial charge in [0.2, 0.25) is 5.91 Å². The summed E-state index contributed by atoms with van der Waals surface area (Å²) in [7, 11) is 0. The number of benzene rings is 1. The van der Waals surface area contributed by atoms with Gasteiger partial charge in [-0.15, -0.1) is 13.2 Å². The van der Waals surface area contributed by atoms with Crippen LogP contribution in [-0.4, -0.2) is 36.9 Å². The van der Waals surface area contributed by atoms with Gasteiger partial charge in [0, 0.05) is 25.4 Å². The van der Waals surface area contributed by atoms with Crippen molar-refractivity contribution in [2.24, 2.45) is 5.92 Å². The van der Waals surface area contributed by atoms with Crippen molar-refractivity contribution in [3.8, 4) is 11.5 Å². The number of rotatable bonds is 6. The Morgan fingerprint density at radius 3 is 2.54 bits per heavy atom. The third-order valence-corrected chi connectivity index (χ3v) is 3.88. The Bertz CT molecular complexity index is 531.